The zero-order valence-electron chi connectivity index (χ0n) is 15.0. The van der Waals surface area contributed by atoms with Gasteiger partial charge in [0.2, 0.25) is 15.9 Å². The summed E-state index contributed by atoms with van der Waals surface area (Å²) >= 11 is 5.86. The number of nitrogens with zero attached hydrogens (tertiary/aromatic N) is 1. The first kappa shape index (κ1) is 21.4. The topological polar surface area (TPSA) is 95.6 Å². The lowest BCUT2D eigenvalue weighted by molar-refractivity contribution is -0.116. The Morgan fingerprint density at radius 3 is 2.46 bits per heavy atom. The summed E-state index contributed by atoms with van der Waals surface area (Å²) in [7, 11) is -2.26. The third-order valence-electron chi connectivity index (χ3n) is 3.61. The number of anilines is 1. The number of hydrogen-bond acceptors (Lipinski definition) is 4. The Kier molecular flexibility index (Phi) is 7.18. The lowest BCUT2D eigenvalue weighted by atomic mass is 10.2. The predicted octanol–water partition coefficient (Wildman–Crippen LogP) is 1.96. The standard InChI is InChI=1S/C19H18ClN3O4S/c1-3-11-21-28(26,27)17-9-7-14(8-10-17)19(25)23(2)13-18(24)22-16-6-4-5-15(20)12-16/h1,4-10,12,21H,11,13H2,2H3,(H,22,24). The summed E-state index contributed by atoms with van der Waals surface area (Å²) in [6, 6.07) is 12.0. The van der Waals surface area contributed by atoms with Crippen LogP contribution >= 0.6 is 11.6 Å². The van der Waals surface area contributed by atoms with Gasteiger partial charge in [-0.05, 0) is 42.5 Å². The number of halogens is 1. The number of carbonyl (C=O) groups excluding carboxylic acids is 2. The van der Waals surface area contributed by atoms with Crippen LogP contribution in [0.3, 0.4) is 0 Å². The Hall–Kier alpha value is -2.86. The summed E-state index contributed by atoms with van der Waals surface area (Å²) in [5.41, 5.74) is 0.765. The molecule has 2 aromatic rings. The van der Waals surface area contributed by atoms with E-state index in [1.807, 2.05) is 0 Å². The summed E-state index contributed by atoms with van der Waals surface area (Å²) in [5, 5.41) is 3.13. The number of amides is 2. The SMILES string of the molecule is C#CCNS(=O)(=O)c1ccc(C(=O)N(C)CC(=O)Nc2cccc(Cl)c2)cc1. The van der Waals surface area contributed by atoms with Crippen LogP contribution in [0.4, 0.5) is 5.69 Å². The van der Waals surface area contributed by atoms with Crippen molar-refractivity contribution >= 4 is 39.1 Å². The molecule has 0 aliphatic rings. The third kappa shape index (κ3) is 5.82. The van der Waals surface area contributed by atoms with E-state index in [-0.39, 0.29) is 23.5 Å². The van der Waals surface area contributed by atoms with Gasteiger partial charge in [0.15, 0.2) is 0 Å². The van der Waals surface area contributed by atoms with Crippen LogP contribution in [0.1, 0.15) is 10.4 Å². The van der Waals surface area contributed by atoms with Crippen LogP contribution in [0, 0.1) is 12.3 Å². The quantitative estimate of drug-likeness (QED) is 0.670. The number of sulfonamides is 1. The number of nitrogens with one attached hydrogen (secondary N) is 2. The van der Waals surface area contributed by atoms with Crippen LogP contribution in [0.25, 0.3) is 0 Å². The molecule has 0 radical (unpaired) electrons. The van der Waals surface area contributed by atoms with E-state index in [1.54, 1.807) is 24.3 Å². The van der Waals surface area contributed by atoms with Gasteiger partial charge in [-0.2, -0.15) is 4.72 Å². The average molecular weight is 420 g/mol. The zero-order valence-corrected chi connectivity index (χ0v) is 16.5. The fourth-order valence-corrected chi connectivity index (χ4v) is 3.40. The molecule has 0 saturated carbocycles. The smallest absolute Gasteiger partial charge is 0.254 e. The second-order valence-corrected chi connectivity index (χ2v) is 7.98. The Labute approximate surface area is 168 Å². The Bertz CT molecular complexity index is 1010. The minimum atomic E-state index is -3.73. The highest BCUT2D eigenvalue weighted by molar-refractivity contribution is 7.89. The molecule has 0 spiro atoms. The van der Waals surface area contributed by atoms with Crippen molar-refractivity contribution in [2.24, 2.45) is 0 Å². The van der Waals surface area contributed by atoms with Gasteiger partial charge < -0.3 is 10.2 Å². The Morgan fingerprint density at radius 1 is 1.18 bits per heavy atom. The van der Waals surface area contributed by atoms with Crippen LogP contribution < -0.4 is 10.0 Å². The van der Waals surface area contributed by atoms with Crippen molar-refractivity contribution < 1.29 is 18.0 Å². The maximum atomic E-state index is 12.5. The maximum Gasteiger partial charge on any atom is 0.254 e. The lowest BCUT2D eigenvalue weighted by Crippen LogP contribution is -2.35. The van der Waals surface area contributed by atoms with Crippen molar-refractivity contribution in [2.75, 3.05) is 25.5 Å². The molecule has 0 bridgehead atoms. The second-order valence-electron chi connectivity index (χ2n) is 5.77. The summed E-state index contributed by atoms with van der Waals surface area (Å²) < 4.78 is 26.2. The highest BCUT2D eigenvalue weighted by Gasteiger charge is 2.17. The van der Waals surface area contributed by atoms with E-state index >= 15 is 0 Å². The van der Waals surface area contributed by atoms with Gasteiger partial charge in [0, 0.05) is 23.3 Å². The van der Waals surface area contributed by atoms with Crippen molar-refractivity contribution in [3.8, 4) is 12.3 Å². The molecule has 9 heteroatoms. The fraction of sp³-hybridized carbons (Fsp3) is 0.158. The first-order valence-electron chi connectivity index (χ1n) is 8.07. The number of hydrogen-bond donors (Lipinski definition) is 2. The van der Waals surface area contributed by atoms with E-state index in [0.717, 1.165) is 0 Å². The zero-order chi connectivity index (χ0) is 20.7. The van der Waals surface area contributed by atoms with Gasteiger partial charge in [0.1, 0.15) is 0 Å². The van der Waals surface area contributed by atoms with Gasteiger partial charge in [0.25, 0.3) is 5.91 Å². The Balaban J connectivity index is 2.01. The van der Waals surface area contributed by atoms with Crippen molar-refractivity contribution in [3.05, 3.63) is 59.1 Å². The summed E-state index contributed by atoms with van der Waals surface area (Å²) in [5.74, 6) is 1.36. The molecule has 0 aliphatic carbocycles. The molecule has 0 saturated heterocycles. The molecule has 2 aromatic carbocycles. The Morgan fingerprint density at radius 2 is 1.86 bits per heavy atom. The summed E-state index contributed by atoms with van der Waals surface area (Å²) in [6.07, 6.45) is 5.04. The van der Waals surface area contributed by atoms with E-state index < -0.39 is 21.8 Å². The number of terminal acetylenes is 1. The third-order valence-corrected chi connectivity index (χ3v) is 5.26. The van der Waals surface area contributed by atoms with Gasteiger partial charge in [0.05, 0.1) is 18.0 Å². The molecule has 0 heterocycles. The van der Waals surface area contributed by atoms with E-state index in [0.29, 0.717) is 10.7 Å². The van der Waals surface area contributed by atoms with Crippen LogP contribution in [-0.4, -0.2) is 45.3 Å². The van der Waals surface area contributed by atoms with Gasteiger partial charge in [-0.15, -0.1) is 6.42 Å². The van der Waals surface area contributed by atoms with Crippen LogP contribution in [0.5, 0.6) is 0 Å². The highest BCUT2D eigenvalue weighted by atomic mass is 35.5. The van der Waals surface area contributed by atoms with E-state index in [2.05, 4.69) is 16.0 Å². The molecule has 2 N–H and O–H groups in total. The van der Waals surface area contributed by atoms with Crippen molar-refractivity contribution in [1.82, 2.24) is 9.62 Å². The van der Waals surface area contributed by atoms with Crippen molar-refractivity contribution in [1.29, 1.82) is 0 Å². The van der Waals surface area contributed by atoms with E-state index in [4.69, 9.17) is 18.0 Å². The minimum Gasteiger partial charge on any atom is -0.332 e. The van der Waals surface area contributed by atoms with Crippen LogP contribution in [0.15, 0.2) is 53.4 Å². The molecule has 2 amide bonds. The molecule has 0 atom stereocenters. The summed E-state index contributed by atoms with van der Waals surface area (Å²) in [4.78, 5) is 25.8. The van der Waals surface area contributed by atoms with Crippen LogP contribution in [-0.2, 0) is 14.8 Å². The average Bonchev–Trinajstić information content (AvgIpc) is 2.65. The number of carbonyl (C=O) groups is 2. The predicted molar refractivity (Wildman–Crippen MR) is 108 cm³/mol. The normalized spacial score (nSPS) is 10.8. The fourth-order valence-electron chi connectivity index (χ4n) is 2.27. The maximum absolute atomic E-state index is 12.5. The number of rotatable bonds is 7. The molecule has 146 valence electrons. The molecule has 0 aromatic heterocycles. The lowest BCUT2D eigenvalue weighted by Gasteiger charge is -2.17. The molecule has 0 fully saturated rings. The van der Waals surface area contributed by atoms with E-state index in [9.17, 15) is 18.0 Å². The number of benzene rings is 2. The molecule has 28 heavy (non-hydrogen) atoms. The minimum absolute atomic E-state index is 0.0133. The summed E-state index contributed by atoms with van der Waals surface area (Å²) in [6.45, 7) is -0.317. The van der Waals surface area contributed by atoms with Gasteiger partial charge in [-0.1, -0.05) is 23.6 Å². The first-order valence-corrected chi connectivity index (χ1v) is 9.93. The van der Waals surface area contributed by atoms with Gasteiger partial charge in [-0.3, -0.25) is 9.59 Å². The van der Waals surface area contributed by atoms with Crippen LogP contribution in [0.2, 0.25) is 5.02 Å². The largest absolute Gasteiger partial charge is 0.332 e. The molecular formula is C19H18ClN3O4S. The molecule has 7 nitrogen and oxygen atoms in total. The first-order chi connectivity index (χ1) is 13.2. The molecule has 2 rings (SSSR count). The highest BCUT2D eigenvalue weighted by Crippen LogP contribution is 2.15. The van der Waals surface area contributed by atoms with Gasteiger partial charge >= 0.3 is 0 Å². The molecular weight excluding hydrogens is 402 g/mol. The number of likely N-dealkylation sites (N-methyl/N-ethyl adjacent to an activating group) is 1. The molecule has 0 unspecified atom stereocenters. The molecule has 0 aliphatic heterocycles. The van der Waals surface area contributed by atoms with E-state index in [1.165, 1.54) is 36.2 Å². The van der Waals surface area contributed by atoms with Crippen molar-refractivity contribution in [2.45, 2.75) is 4.90 Å². The van der Waals surface area contributed by atoms with Gasteiger partial charge in [-0.25, -0.2) is 8.42 Å². The second kappa shape index (κ2) is 9.37. The monoisotopic (exact) mass is 419 g/mol. The van der Waals surface area contributed by atoms with Crippen molar-refractivity contribution in [3.63, 3.8) is 0 Å².